The number of carbonyl (C=O) groups is 1. The zero-order valence-corrected chi connectivity index (χ0v) is 11.7. The third-order valence-corrected chi connectivity index (χ3v) is 4.02. The van der Waals surface area contributed by atoms with E-state index < -0.39 is 0 Å². The van der Waals surface area contributed by atoms with E-state index in [1.807, 2.05) is 0 Å². The average Bonchev–Trinajstić information content (AvgIpc) is 3.20. The van der Waals surface area contributed by atoms with Crippen molar-refractivity contribution >= 4 is 5.91 Å². The van der Waals surface area contributed by atoms with Crippen LogP contribution in [0.25, 0.3) is 0 Å². The van der Waals surface area contributed by atoms with Crippen LogP contribution in [0.2, 0.25) is 0 Å². The van der Waals surface area contributed by atoms with E-state index in [1.165, 1.54) is 12.8 Å². The molecule has 0 aromatic rings. The maximum absolute atomic E-state index is 11.7. The second-order valence-electron chi connectivity index (χ2n) is 6.00. The van der Waals surface area contributed by atoms with Crippen molar-refractivity contribution in [2.24, 2.45) is 11.8 Å². The van der Waals surface area contributed by atoms with Crippen LogP contribution in [0.1, 0.15) is 32.6 Å². The predicted molar refractivity (Wildman–Crippen MR) is 73.4 cm³/mol. The zero-order valence-electron chi connectivity index (χ0n) is 11.7. The number of nitrogens with one attached hydrogen (secondary N) is 2. The number of rotatable bonds is 6. The minimum absolute atomic E-state index is 0.201. The van der Waals surface area contributed by atoms with E-state index in [-0.39, 0.29) is 11.8 Å². The molecule has 2 fully saturated rings. The van der Waals surface area contributed by atoms with E-state index in [0.717, 1.165) is 45.1 Å². The number of nitrogens with zero attached hydrogens (tertiary/aromatic N) is 1. The van der Waals surface area contributed by atoms with Gasteiger partial charge in [-0.25, -0.2) is 0 Å². The van der Waals surface area contributed by atoms with Gasteiger partial charge in [0.2, 0.25) is 5.91 Å². The van der Waals surface area contributed by atoms with Gasteiger partial charge in [-0.15, -0.1) is 0 Å². The summed E-state index contributed by atoms with van der Waals surface area (Å²) >= 11 is 0. The summed E-state index contributed by atoms with van der Waals surface area (Å²) in [5, 5.41) is 6.36. The molecule has 2 atom stereocenters. The minimum Gasteiger partial charge on any atom is -0.359 e. The number of hydrogen-bond acceptors (Lipinski definition) is 3. The molecule has 104 valence electrons. The van der Waals surface area contributed by atoms with E-state index in [2.05, 4.69) is 22.5 Å². The molecule has 1 heterocycles. The normalized spacial score (nSPS) is 26.9. The maximum atomic E-state index is 11.7. The first-order chi connectivity index (χ1) is 8.69. The smallest absolute Gasteiger partial charge is 0.224 e. The first kappa shape index (κ1) is 13.8. The Morgan fingerprint density at radius 2 is 2.17 bits per heavy atom. The molecule has 2 aliphatic rings. The number of likely N-dealkylation sites (tertiary alicyclic amines) is 1. The summed E-state index contributed by atoms with van der Waals surface area (Å²) in [6, 6.07) is 0.799. The molecular weight excluding hydrogens is 226 g/mol. The zero-order chi connectivity index (χ0) is 13.0. The van der Waals surface area contributed by atoms with Crippen molar-refractivity contribution in [2.45, 2.75) is 38.6 Å². The summed E-state index contributed by atoms with van der Waals surface area (Å²) in [5.74, 6) is 1.09. The van der Waals surface area contributed by atoms with Crippen LogP contribution in [0.5, 0.6) is 0 Å². The molecule has 0 radical (unpaired) electrons. The molecule has 2 rings (SSSR count). The van der Waals surface area contributed by atoms with Gasteiger partial charge in [-0.2, -0.15) is 0 Å². The fraction of sp³-hybridized carbons (Fsp3) is 0.929. The van der Waals surface area contributed by atoms with Crippen molar-refractivity contribution in [3.05, 3.63) is 0 Å². The molecule has 0 bridgehead atoms. The van der Waals surface area contributed by atoms with Gasteiger partial charge < -0.3 is 15.5 Å². The number of amides is 1. The second-order valence-corrected chi connectivity index (χ2v) is 6.00. The molecule has 1 aliphatic heterocycles. The highest BCUT2D eigenvalue weighted by atomic mass is 16.1. The van der Waals surface area contributed by atoms with Gasteiger partial charge in [0, 0.05) is 26.2 Å². The lowest BCUT2D eigenvalue weighted by molar-refractivity contribution is -0.126. The third-order valence-electron chi connectivity index (χ3n) is 4.02. The first-order valence-electron chi connectivity index (χ1n) is 7.36. The molecule has 1 saturated heterocycles. The van der Waals surface area contributed by atoms with Crippen molar-refractivity contribution in [3.8, 4) is 0 Å². The highest BCUT2D eigenvalue weighted by Gasteiger charge is 2.26. The van der Waals surface area contributed by atoms with Crippen LogP contribution < -0.4 is 10.6 Å². The number of carbonyl (C=O) groups excluding carboxylic acids is 1. The molecule has 4 nitrogen and oxygen atoms in total. The molecule has 2 unspecified atom stereocenters. The van der Waals surface area contributed by atoms with Crippen molar-refractivity contribution < 1.29 is 4.79 Å². The number of hydrogen-bond donors (Lipinski definition) is 2. The minimum atomic E-state index is 0.201. The average molecular weight is 253 g/mol. The Morgan fingerprint density at radius 3 is 2.83 bits per heavy atom. The Balaban J connectivity index is 1.68. The van der Waals surface area contributed by atoms with E-state index in [1.54, 1.807) is 7.05 Å². The predicted octanol–water partition coefficient (Wildman–Crippen LogP) is 0.833. The van der Waals surface area contributed by atoms with Crippen molar-refractivity contribution in [3.63, 3.8) is 0 Å². The Labute approximate surface area is 110 Å². The molecule has 0 aromatic heterocycles. The van der Waals surface area contributed by atoms with Gasteiger partial charge >= 0.3 is 0 Å². The largest absolute Gasteiger partial charge is 0.359 e. The van der Waals surface area contributed by atoms with Crippen LogP contribution in [0, 0.1) is 11.8 Å². The molecule has 2 N–H and O–H groups in total. The fourth-order valence-electron chi connectivity index (χ4n) is 2.80. The van der Waals surface area contributed by atoms with Gasteiger partial charge in [0.15, 0.2) is 0 Å². The van der Waals surface area contributed by atoms with Crippen molar-refractivity contribution in [1.82, 2.24) is 15.5 Å². The lowest BCUT2D eigenvalue weighted by atomic mass is 9.96. The Bertz CT molecular complexity index is 278. The van der Waals surface area contributed by atoms with Crippen molar-refractivity contribution in [1.29, 1.82) is 0 Å². The highest BCUT2D eigenvalue weighted by molar-refractivity contribution is 5.78. The maximum Gasteiger partial charge on any atom is 0.224 e. The summed E-state index contributed by atoms with van der Waals surface area (Å²) in [5.41, 5.74) is 0. The van der Waals surface area contributed by atoms with Gasteiger partial charge in [0.1, 0.15) is 0 Å². The standard InChI is InChI=1S/C14H27N3O/c1-11(8-16-13-5-6-13)9-17-7-3-4-12(10-17)14(18)15-2/h11-13,16H,3-10H2,1-2H3,(H,15,18). The van der Waals surface area contributed by atoms with E-state index in [4.69, 9.17) is 0 Å². The number of piperidine rings is 1. The monoisotopic (exact) mass is 253 g/mol. The fourth-order valence-corrected chi connectivity index (χ4v) is 2.80. The molecular formula is C14H27N3O. The molecule has 1 amide bonds. The van der Waals surface area contributed by atoms with Crippen molar-refractivity contribution in [2.75, 3.05) is 33.2 Å². The van der Waals surface area contributed by atoms with Gasteiger partial charge in [-0.1, -0.05) is 6.92 Å². The van der Waals surface area contributed by atoms with Gasteiger partial charge in [-0.05, 0) is 44.7 Å². The van der Waals surface area contributed by atoms with Crippen LogP contribution in [0.4, 0.5) is 0 Å². The third kappa shape index (κ3) is 4.25. The lowest BCUT2D eigenvalue weighted by Gasteiger charge is -2.33. The van der Waals surface area contributed by atoms with Gasteiger partial charge in [0.05, 0.1) is 5.92 Å². The molecule has 1 saturated carbocycles. The van der Waals surface area contributed by atoms with Gasteiger partial charge in [0.25, 0.3) is 0 Å². The SMILES string of the molecule is CNC(=O)C1CCCN(CC(C)CNC2CC2)C1. The van der Waals surface area contributed by atoms with Crippen LogP contribution in [0.3, 0.4) is 0 Å². The first-order valence-corrected chi connectivity index (χ1v) is 7.36. The van der Waals surface area contributed by atoms with Crippen LogP contribution >= 0.6 is 0 Å². The Hall–Kier alpha value is -0.610. The van der Waals surface area contributed by atoms with Crippen LogP contribution in [0.15, 0.2) is 0 Å². The van der Waals surface area contributed by atoms with E-state index in [9.17, 15) is 4.79 Å². The van der Waals surface area contributed by atoms with Crippen LogP contribution in [-0.2, 0) is 4.79 Å². The molecule has 4 heteroatoms. The summed E-state index contributed by atoms with van der Waals surface area (Å²) in [7, 11) is 1.74. The highest BCUT2D eigenvalue weighted by Crippen LogP contribution is 2.20. The molecule has 1 aliphatic carbocycles. The lowest BCUT2D eigenvalue weighted by Crippen LogP contribution is -2.44. The summed E-state index contributed by atoms with van der Waals surface area (Å²) in [4.78, 5) is 14.1. The summed E-state index contributed by atoms with van der Waals surface area (Å²) in [6.45, 7) is 6.63. The molecule has 18 heavy (non-hydrogen) atoms. The second kappa shape index (κ2) is 6.53. The molecule has 0 spiro atoms. The Morgan fingerprint density at radius 1 is 1.39 bits per heavy atom. The summed E-state index contributed by atoms with van der Waals surface area (Å²) < 4.78 is 0. The summed E-state index contributed by atoms with van der Waals surface area (Å²) in [6.07, 6.45) is 4.91. The van der Waals surface area contributed by atoms with Gasteiger partial charge in [-0.3, -0.25) is 4.79 Å². The van der Waals surface area contributed by atoms with E-state index in [0.29, 0.717) is 5.92 Å². The topological polar surface area (TPSA) is 44.4 Å². The quantitative estimate of drug-likeness (QED) is 0.737. The molecule has 0 aromatic carbocycles. The van der Waals surface area contributed by atoms with Crippen LogP contribution in [-0.4, -0.2) is 50.1 Å². The van der Waals surface area contributed by atoms with E-state index >= 15 is 0 Å². The Kier molecular flexibility index (Phi) is 5.01.